The average molecular weight is 341 g/mol. The molecule has 0 aromatic heterocycles. The van der Waals surface area contributed by atoms with Crippen molar-refractivity contribution >= 4 is 16.7 Å². The number of carboxylic acid groups (broad SMARTS) is 1. The maximum Gasteiger partial charge on any atom is 0.336 e. The molecular weight excluding hydrogens is 308 g/mol. The van der Waals surface area contributed by atoms with Crippen LogP contribution in [0.25, 0.3) is 10.8 Å². The predicted molar refractivity (Wildman–Crippen MR) is 106 cm³/mol. The van der Waals surface area contributed by atoms with E-state index in [-0.39, 0.29) is 0 Å². The first-order valence-corrected chi connectivity index (χ1v) is 9.98. The van der Waals surface area contributed by atoms with Crippen molar-refractivity contribution in [2.24, 2.45) is 0 Å². The van der Waals surface area contributed by atoms with Crippen molar-refractivity contribution in [3.63, 3.8) is 0 Å². The van der Waals surface area contributed by atoms with E-state index in [1.807, 2.05) is 36.4 Å². The molecule has 0 amide bonds. The van der Waals surface area contributed by atoms with Gasteiger partial charge in [0.1, 0.15) is 0 Å². The minimum atomic E-state index is -0.807. The van der Waals surface area contributed by atoms with Gasteiger partial charge in [0.05, 0.1) is 5.56 Å². The Morgan fingerprint density at radius 2 is 1.40 bits per heavy atom. The highest BCUT2D eigenvalue weighted by Gasteiger charge is 2.13. The number of rotatable bonds is 12. The van der Waals surface area contributed by atoms with Crippen LogP contribution in [0.1, 0.15) is 87.1 Å². The number of aryl methyl sites for hydroxylation is 1. The lowest BCUT2D eigenvalue weighted by molar-refractivity contribution is 0.0698. The average Bonchev–Trinajstić information content (AvgIpc) is 2.62. The van der Waals surface area contributed by atoms with Crippen LogP contribution in [0.3, 0.4) is 0 Å². The molecule has 2 heteroatoms. The minimum absolute atomic E-state index is 0.494. The first-order valence-electron chi connectivity index (χ1n) is 9.98. The van der Waals surface area contributed by atoms with Gasteiger partial charge >= 0.3 is 5.97 Å². The molecule has 2 rings (SSSR count). The lowest BCUT2D eigenvalue weighted by atomic mass is 9.95. The van der Waals surface area contributed by atoms with E-state index in [1.54, 1.807) is 0 Å². The van der Waals surface area contributed by atoms with Crippen LogP contribution in [0.4, 0.5) is 0 Å². The van der Waals surface area contributed by atoms with Crippen LogP contribution >= 0.6 is 0 Å². The highest BCUT2D eigenvalue weighted by atomic mass is 16.4. The summed E-state index contributed by atoms with van der Waals surface area (Å²) in [6.07, 6.45) is 13.9. The van der Waals surface area contributed by atoms with Crippen LogP contribution in [0, 0.1) is 0 Å². The normalized spacial score (nSPS) is 11.1. The second-order valence-electron chi connectivity index (χ2n) is 7.06. The van der Waals surface area contributed by atoms with Gasteiger partial charge in [-0.2, -0.15) is 0 Å². The second kappa shape index (κ2) is 10.9. The number of carboxylic acids is 1. The molecule has 2 nitrogen and oxygen atoms in total. The summed E-state index contributed by atoms with van der Waals surface area (Å²) in [6, 6.07) is 11.8. The van der Waals surface area contributed by atoms with E-state index in [9.17, 15) is 9.90 Å². The number of hydrogen-bond acceptors (Lipinski definition) is 1. The molecule has 0 atom stereocenters. The lowest BCUT2D eigenvalue weighted by Crippen LogP contribution is -2.04. The summed E-state index contributed by atoms with van der Waals surface area (Å²) in [5, 5.41) is 11.5. The fraction of sp³-hybridized carbons (Fsp3) is 0.522. The minimum Gasteiger partial charge on any atom is -0.478 e. The Morgan fingerprint density at radius 3 is 2.04 bits per heavy atom. The summed E-state index contributed by atoms with van der Waals surface area (Å²) in [5.74, 6) is -0.807. The molecule has 0 unspecified atom stereocenters. The van der Waals surface area contributed by atoms with Gasteiger partial charge in [0.15, 0.2) is 0 Å². The van der Waals surface area contributed by atoms with Gasteiger partial charge in [-0.15, -0.1) is 0 Å². The van der Waals surface area contributed by atoms with Crippen molar-refractivity contribution in [1.82, 2.24) is 0 Å². The molecule has 2 aromatic carbocycles. The third-order valence-corrected chi connectivity index (χ3v) is 5.03. The highest BCUT2D eigenvalue weighted by molar-refractivity contribution is 6.05. The van der Waals surface area contributed by atoms with Gasteiger partial charge in [0.25, 0.3) is 0 Å². The monoisotopic (exact) mass is 340 g/mol. The first kappa shape index (κ1) is 19.5. The van der Waals surface area contributed by atoms with Gasteiger partial charge in [-0.1, -0.05) is 101 Å². The molecule has 0 aliphatic rings. The number of carbonyl (C=O) groups is 1. The Morgan fingerprint density at radius 1 is 0.800 bits per heavy atom. The molecule has 0 radical (unpaired) electrons. The molecule has 136 valence electrons. The largest absolute Gasteiger partial charge is 0.478 e. The lowest BCUT2D eigenvalue weighted by Gasteiger charge is -2.10. The molecule has 1 N–H and O–H groups in total. The van der Waals surface area contributed by atoms with Crippen molar-refractivity contribution in [3.05, 3.63) is 47.5 Å². The van der Waals surface area contributed by atoms with E-state index in [4.69, 9.17) is 0 Å². The van der Waals surface area contributed by atoms with Crippen LogP contribution in [0.2, 0.25) is 0 Å². The Labute approximate surface area is 152 Å². The van der Waals surface area contributed by atoms with E-state index in [1.165, 1.54) is 57.8 Å². The second-order valence-corrected chi connectivity index (χ2v) is 7.06. The molecule has 0 saturated carbocycles. The van der Waals surface area contributed by atoms with Crippen LogP contribution in [-0.4, -0.2) is 11.1 Å². The number of benzene rings is 2. The highest BCUT2D eigenvalue weighted by Crippen LogP contribution is 2.24. The van der Waals surface area contributed by atoms with Crippen LogP contribution in [0.15, 0.2) is 36.4 Å². The van der Waals surface area contributed by atoms with Gasteiger partial charge in [-0.3, -0.25) is 0 Å². The molecular formula is C23H32O2. The van der Waals surface area contributed by atoms with Crippen molar-refractivity contribution in [2.45, 2.75) is 77.6 Å². The molecule has 0 aliphatic carbocycles. The summed E-state index contributed by atoms with van der Waals surface area (Å²) in [5.41, 5.74) is 1.47. The number of aromatic carboxylic acids is 1. The zero-order valence-electron chi connectivity index (χ0n) is 15.6. The molecule has 0 bridgehead atoms. The summed E-state index contributed by atoms with van der Waals surface area (Å²) in [4.78, 5) is 11.7. The van der Waals surface area contributed by atoms with E-state index in [0.29, 0.717) is 5.56 Å². The molecule has 0 fully saturated rings. The Bertz CT molecular complexity index is 660. The first-order chi connectivity index (χ1) is 12.2. The molecule has 0 aliphatic heterocycles. The standard InChI is InChI=1S/C23H32O2/c1-2-3-4-5-6-7-8-9-10-11-15-20-18-17-19-14-12-13-16-21(19)22(20)23(24)25/h12-14,16-18H,2-11,15H2,1H3,(H,24,25). The number of fused-ring (bicyclic) bond motifs is 1. The van der Waals surface area contributed by atoms with E-state index < -0.39 is 5.97 Å². The Kier molecular flexibility index (Phi) is 8.51. The quantitative estimate of drug-likeness (QED) is 0.422. The fourth-order valence-corrected chi connectivity index (χ4v) is 3.58. The van der Waals surface area contributed by atoms with Gasteiger partial charge in [-0.25, -0.2) is 4.79 Å². The van der Waals surface area contributed by atoms with Gasteiger partial charge < -0.3 is 5.11 Å². The van der Waals surface area contributed by atoms with Crippen LogP contribution < -0.4 is 0 Å². The van der Waals surface area contributed by atoms with E-state index >= 15 is 0 Å². The van der Waals surface area contributed by atoms with Gasteiger partial charge in [0, 0.05) is 0 Å². The Hall–Kier alpha value is -1.83. The van der Waals surface area contributed by atoms with Crippen LogP contribution in [-0.2, 0) is 6.42 Å². The van der Waals surface area contributed by atoms with Crippen molar-refractivity contribution < 1.29 is 9.90 Å². The summed E-state index contributed by atoms with van der Waals surface area (Å²) in [6.45, 7) is 2.26. The maximum absolute atomic E-state index is 11.7. The smallest absolute Gasteiger partial charge is 0.336 e. The SMILES string of the molecule is CCCCCCCCCCCCc1ccc2ccccc2c1C(=O)O. The molecule has 2 aromatic rings. The van der Waals surface area contributed by atoms with Gasteiger partial charge in [0.2, 0.25) is 0 Å². The summed E-state index contributed by atoms with van der Waals surface area (Å²) < 4.78 is 0. The summed E-state index contributed by atoms with van der Waals surface area (Å²) >= 11 is 0. The topological polar surface area (TPSA) is 37.3 Å². The van der Waals surface area contributed by atoms with Crippen LogP contribution in [0.5, 0.6) is 0 Å². The van der Waals surface area contributed by atoms with Crippen molar-refractivity contribution in [1.29, 1.82) is 0 Å². The zero-order valence-corrected chi connectivity index (χ0v) is 15.6. The van der Waals surface area contributed by atoms with Crippen molar-refractivity contribution in [2.75, 3.05) is 0 Å². The van der Waals surface area contributed by atoms with Gasteiger partial charge in [-0.05, 0) is 29.2 Å². The maximum atomic E-state index is 11.7. The molecule has 0 saturated heterocycles. The predicted octanol–water partition coefficient (Wildman–Crippen LogP) is 7.00. The Balaban J connectivity index is 1.76. The van der Waals surface area contributed by atoms with E-state index in [2.05, 4.69) is 6.92 Å². The van der Waals surface area contributed by atoms with Crippen molar-refractivity contribution in [3.8, 4) is 0 Å². The molecule has 0 heterocycles. The third kappa shape index (κ3) is 6.19. The number of hydrogen-bond donors (Lipinski definition) is 1. The third-order valence-electron chi connectivity index (χ3n) is 5.03. The summed E-state index contributed by atoms with van der Waals surface area (Å²) in [7, 11) is 0. The van der Waals surface area contributed by atoms with E-state index in [0.717, 1.165) is 29.2 Å². The zero-order chi connectivity index (χ0) is 17.9. The molecule has 25 heavy (non-hydrogen) atoms. The fourth-order valence-electron chi connectivity index (χ4n) is 3.58. The number of unbranched alkanes of at least 4 members (excludes halogenated alkanes) is 9. The molecule has 0 spiro atoms.